The molecular formula is C12H14N2O3S. The van der Waals surface area contributed by atoms with Gasteiger partial charge in [0.2, 0.25) is 0 Å². The number of nitrogen functional groups attached to an aromatic ring is 1. The molecule has 0 aliphatic carbocycles. The lowest BCUT2D eigenvalue weighted by Crippen LogP contribution is -2.26. The van der Waals surface area contributed by atoms with Crippen molar-refractivity contribution in [3.05, 3.63) is 39.3 Å². The van der Waals surface area contributed by atoms with Gasteiger partial charge in [0.1, 0.15) is 0 Å². The molecule has 0 spiro atoms. The van der Waals surface area contributed by atoms with Crippen LogP contribution in [0.3, 0.4) is 0 Å². The monoisotopic (exact) mass is 266 g/mol. The van der Waals surface area contributed by atoms with Gasteiger partial charge >= 0.3 is 4.87 Å². The Kier molecular flexibility index (Phi) is 3.81. The summed E-state index contributed by atoms with van der Waals surface area (Å²) >= 11 is 1.06. The first-order chi connectivity index (χ1) is 8.61. The number of aromatic nitrogens is 1. The highest BCUT2D eigenvalue weighted by molar-refractivity contribution is 7.07. The van der Waals surface area contributed by atoms with Crippen LogP contribution < -0.4 is 10.6 Å². The zero-order chi connectivity index (χ0) is 13.1. The topological polar surface area (TPSA) is 88.5 Å². The van der Waals surface area contributed by atoms with Crippen LogP contribution in [0.25, 0.3) is 11.3 Å². The predicted molar refractivity (Wildman–Crippen MR) is 71.5 cm³/mol. The van der Waals surface area contributed by atoms with Gasteiger partial charge in [-0.25, -0.2) is 0 Å². The highest BCUT2D eigenvalue weighted by atomic mass is 32.1. The lowest BCUT2D eigenvalue weighted by atomic mass is 10.1. The molecule has 0 amide bonds. The average molecular weight is 266 g/mol. The molecule has 1 heterocycles. The molecule has 1 unspecified atom stereocenters. The minimum absolute atomic E-state index is 0.0724. The molecule has 2 aromatic rings. The first kappa shape index (κ1) is 12.8. The van der Waals surface area contributed by atoms with E-state index in [-0.39, 0.29) is 18.0 Å². The predicted octanol–water partition coefficient (Wildman–Crippen LogP) is 0.512. The zero-order valence-corrected chi connectivity index (χ0v) is 10.4. The zero-order valence-electron chi connectivity index (χ0n) is 9.61. The van der Waals surface area contributed by atoms with Crippen LogP contribution in [0.15, 0.2) is 34.4 Å². The average Bonchev–Trinajstić information content (AvgIpc) is 2.71. The van der Waals surface area contributed by atoms with E-state index in [0.717, 1.165) is 16.9 Å². The number of nitrogens with two attached hydrogens (primary N) is 1. The van der Waals surface area contributed by atoms with Gasteiger partial charge in [-0.2, -0.15) is 0 Å². The van der Waals surface area contributed by atoms with Crippen molar-refractivity contribution in [2.45, 2.75) is 12.6 Å². The second-order valence-corrected chi connectivity index (χ2v) is 4.78. The van der Waals surface area contributed by atoms with Crippen LogP contribution in [-0.2, 0) is 6.54 Å². The Morgan fingerprint density at radius 1 is 1.44 bits per heavy atom. The number of benzene rings is 1. The van der Waals surface area contributed by atoms with Crippen LogP contribution in [0.1, 0.15) is 0 Å². The van der Waals surface area contributed by atoms with Crippen molar-refractivity contribution in [3.63, 3.8) is 0 Å². The molecule has 1 aromatic carbocycles. The third-order valence-electron chi connectivity index (χ3n) is 2.57. The van der Waals surface area contributed by atoms with E-state index in [1.54, 1.807) is 23.6 Å². The molecule has 6 heteroatoms. The summed E-state index contributed by atoms with van der Waals surface area (Å²) in [6.07, 6.45) is -0.947. The normalized spacial score (nSPS) is 12.6. The molecule has 0 aliphatic heterocycles. The van der Waals surface area contributed by atoms with E-state index < -0.39 is 6.10 Å². The number of nitrogens with zero attached hydrogens (tertiary/aromatic N) is 1. The number of hydrogen-bond acceptors (Lipinski definition) is 5. The lowest BCUT2D eigenvalue weighted by Gasteiger charge is -2.11. The Morgan fingerprint density at radius 3 is 2.89 bits per heavy atom. The van der Waals surface area contributed by atoms with Gasteiger partial charge in [-0.05, 0) is 12.1 Å². The summed E-state index contributed by atoms with van der Waals surface area (Å²) in [6, 6.07) is 7.18. The van der Waals surface area contributed by atoms with Crippen LogP contribution in [0.2, 0.25) is 0 Å². The minimum atomic E-state index is -0.947. The summed E-state index contributed by atoms with van der Waals surface area (Å²) in [4.78, 5) is 11.5. The van der Waals surface area contributed by atoms with Crippen molar-refractivity contribution in [1.29, 1.82) is 0 Å². The summed E-state index contributed by atoms with van der Waals surface area (Å²) in [7, 11) is 0. The quantitative estimate of drug-likeness (QED) is 0.704. The summed E-state index contributed by atoms with van der Waals surface area (Å²) in [5, 5.41) is 20.0. The van der Waals surface area contributed by atoms with E-state index in [0.29, 0.717) is 11.4 Å². The molecule has 2 rings (SSSR count). The number of rotatable bonds is 4. The maximum atomic E-state index is 11.7. The van der Waals surface area contributed by atoms with E-state index in [4.69, 9.17) is 10.8 Å². The Labute approximate surface area is 108 Å². The molecule has 0 saturated carbocycles. The van der Waals surface area contributed by atoms with Gasteiger partial charge in [0.05, 0.1) is 24.9 Å². The molecule has 0 bridgehead atoms. The van der Waals surface area contributed by atoms with Gasteiger partial charge in [-0.1, -0.05) is 23.5 Å². The maximum absolute atomic E-state index is 11.7. The van der Waals surface area contributed by atoms with Crippen molar-refractivity contribution >= 4 is 17.0 Å². The SMILES string of the molecule is Nc1cccc(-c2csc(=O)n2CC(O)CO)c1. The molecule has 4 N–H and O–H groups in total. The van der Waals surface area contributed by atoms with E-state index in [1.165, 1.54) is 4.57 Å². The summed E-state index contributed by atoms with van der Waals surface area (Å²) < 4.78 is 1.44. The van der Waals surface area contributed by atoms with E-state index in [2.05, 4.69) is 0 Å². The van der Waals surface area contributed by atoms with Crippen molar-refractivity contribution < 1.29 is 10.2 Å². The molecule has 0 aliphatic rings. The number of aliphatic hydroxyl groups is 2. The molecule has 5 nitrogen and oxygen atoms in total. The number of thiazole rings is 1. The molecule has 96 valence electrons. The van der Waals surface area contributed by atoms with Crippen LogP contribution in [0, 0.1) is 0 Å². The van der Waals surface area contributed by atoms with Gasteiger partial charge in [0.25, 0.3) is 0 Å². The smallest absolute Gasteiger partial charge is 0.307 e. The first-order valence-corrected chi connectivity index (χ1v) is 6.33. The highest BCUT2D eigenvalue weighted by Gasteiger charge is 2.12. The molecule has 0 radical (unpaired) electrons. The molecule has 0 fully saturated rings. The van der Waals surface area contributed by atoms with Gasteiger partial charge in [0.15, 0.2) is 0 Å². The number of anilines is 1. The van der Waals surface area contributed by atoms with Gasteiger partial charge in [-0.15, -0.1) is 0 Å². The highest BCUT2D eigenvalue weighted by Crippen LogP contribution is 2.22. The van der Waals surface area contributed by atoms with Crippen LogP contribution >= 0.6 is 11.3 Å². The third-order valence-corrected chi connectivity index (χ3v) is 3.33. The number of aliphatic hydroxyl groups excluding tert-OH is 2. The largest absolute Gasteiger partial charge is 0.399 e. The second-order valence-electron chi connectivity index (χ2n) is 3.96. The van der Waals surface area contributed by atoms with Gasteiger partial charge < -0.3 is 15.9 Å². The Balaban J connectivity index is 2.43. The second kappa shape index (κ2) is 5.34. The van der Waals surface area contributed by atoms with Crippen LogP contribution in [0.5, 0.6) is 0 Å². The molecule has 18 heavy (non-hydrogen) atoms. The summed E-state index contributed by atoms with van der Waals surface area (Å²) in [5.41, 5.74) is 7.84. The van der Waals surface area contributed by atoms with Gasteiger partial charge in [0, 0.05) is 16.6 Å². The van der Waals surface area contributed by atoms with E-state index >= 15 is 0 Å². The fourth-order valence-electron chi connectivity index (χ4n) is 1.70. The third kappa shape index (κ3) is 2.61. The summed E-state index contributed by atoms with van der Waals surface area (Å²) in [5.74, 6) is 0. The van der Waals surface area contributed by atoms with Crippen molar-refractivity contribution in [2.75, 3.05) is 12.3 Å². The Morgan fingerprint density at radius 2 is 2.22 bits per heavy atom. The van der Waals surface area contributed by atoms with E-state index in [1.807, 2.05) is 6.07 Å². The molecule has 0 saturated heterocycles. The standard InChI is InChI=1S/C12H14N2O3S/c13-9-3-1-2-8(4-9)11-7-18-12(17)14(11)5-10(16)6-15/h1-4,7,10,15-16H,5-6,13H2. The fourth-order valence-corrected chi connectivity index (χ4v) is 2.47. The molecule has 1 atom stereocenters. The number of hydrogen-bond donors (Lipinski definition) is 3. The minimum Gasteiger partial charge on any atom is -0.399 e. The maximum Gasteiger partial charge on any atom is 0.307 e. The fraction of sp³-hybridized carbons (Fsp3) is 0.250. The Hall–Kier alpha value is -1.63. The van der Waals surface area contributed by atoms with Crippen LogP contribution in [0.4, 0.5) is 5.69 Å². The van der Waals surface area contributed by atoms with Crippen molar-refractivity contribution in [1.82, 2.24) is 4.57 Å². The van der Waals surface area contributed by atoms with Gasteiger partial charge in [-0.3, -0.25) is 9.36 Å². The van der Waals surface area contributed by atoms with Crippen molar-refractivity contribution in [2.24, 2.45) is 0 Å². The van der Waals surface area contributed by atoms with E-state index in [9.17, 15) is 9.90 Å². The van der Waals surface area contributed by atoms with Crippen LogP contribution in [-0.4, -0.2) is 27.5 Å². The Bertz CT molecular complexity index is 591. The molecule has 1 aromatic heterocycles. The first-order valence-electron chi connectivity index (χ1n) is 5.45. The summed E-state index contributed by atoms with van der Waals surface area (Å²) in [6.45, 7) is -0.304. The molecular weight excluding hydrogens is 252 g/mol. The van der Waals surface area contributed by atoms with Crippen molar-refractivity contribution in [3.8, 4) is 11.3 Å². The lowest BCUT2D eigenvalue weighted by molar-refractivity contribution is 0.0811.